The van der Waals surface area contributed by atoms with E-state index in [4.69, 9.17) is 0 Å². The number of benzene rings is 2. The van der Waals surface area contributed by atoms with Crippen LogP contribution in [-0.4, -0.2) is 33.0 Å². The molecule has 0 saturated carbocycles. The van der Waals surface area contributed by atoms with Gasteiger partial charge >= 0.3 is 0 Å². The van der Waals surface area contributed by atoms with Crippen LogP contribution < -0.4 is 5.32 Å². The van der Waals surface area contributed by atoms with Crippen molar-refractivity contribution in [1.29, 1.82) is 0 Å². The molecule has 7 heteroatoms. The maximum absolute atomic E-state index is 14.8. The average molecular weight is 491 g/mol. The number of rotatable bonds is 5. The Kier molecular flexibility index (Phi) is 7.29. The number of anilines is 1. The van der Waals surface area contributed by atoms with E-state index in [0.29, 0.717) is 31.5 Å². The van der Waals surface area contributed by atoms with Crippen molar-refractivity contribution in [2.75, 3.05) is 11.9 Å². The number of piperidine rings is 1. The molecular weight excluding hydrogens is 455 g/mol. The molecule has 36 heavy (non-hydrogen) atoms. The lowest BCUT2D eigenvalue weighted by Crippen LogP contribution is -2.46. The molecule has 0 unspecified atom stereocenters. The van der Waals surface area contributed by atoms with Crippen molar-refractivity contribution in [1.82, 2.24) is 14.7 Å². The summed E-state index contributed by atoms with van der Waals surface area (Å²) in [5.74, 6) is -1.60. The topological polar surface area (TPSA) is 67.2 Å². The standard InChI is InChI=1S/C29H35FN4O2/c1-6-33-18-20(17-31-33)26-23(27(35)32-22-12-8-11-21(16-22)29(3,4)5)13-9-15-34(26)28(36)25-19(2)10-7-14-24(25)30/h7-8,10-12,14,16-18,23,26H,6,9,13,15H2,1-5H3,(H,32,35)/t23-,26-/m0/s1. The highest BCUT2D eigenvalue weighted by atomic mass is 19.1. The first-order valence-electron chi connectivity index (χ1n) is 12.6. The first-order valence-corrected chi connectivity index (χ1v) is 12.6. The molecule has 1 aromatic heterocycles. The number of hydrogen-bond acceptors (Lipinski definition) is 3. The first-order chi connectivity index (χ1) is 17.1. The number of halogens is 1. The van der Waals surface area contributed by atoms with Crippen LogP contribution in [0.2, 0.25) is 0 Å². The summed E-state index contributed by atoms with van der Waals surface area (Å²) in [6, 6.07) is 12.0. The lowest BCUT2D eigenvalue weighted by atomic mass is 9.84. The van der Waals surface area contributed by atoms with E-state index in [2.05, 4.69) is 37.3 Å². The molecule has 0 bridgehead atoms. The largest absolute Gasteiger partial charge is 0.331 e. The van der Waals surface area contributed by atoms with Gasteiger partial charge < -0.3 is 10.2 Å². The number of hydrogen-bond donors (Lipinski definition) is 1. The molecule has 1 saturated heterocycles. The minimum atomic E-state index is -0.548. The third kappa shape index (κ3) is 5.20. The smallest absolute Gasteiger partial charge is 0.257 e. The number of carbonyl (C=O) groups excluding carboxylic acids is 2. The van der Waals surface area contributed by atoms with Crippen LogP contribution in [0.15, 0.2) is 54.9 Å². The zero-order valence-corrected chi connectivity index (χ0v) is 21.7. The molecule has 190 valence electrons. The molecule has 2 atom stereocenters. The van der Waals surface area contributed by atoms with E-state index < -0.39 is 23.7 Å². The highest BCUT2D eigenvalue weighted by molar-refractivity contribution is 5.98. The van der Waals surface area contributed by atoms with E-state index >= 15 is 0 Å². The number of nitrogens with one attached hydrogen (secondary N) is 1. The highest BCUT2D eigenvalue weighted by Gasteiger charge is 2.41. The van der Waals surface area contributed by atoms with Gasteiger partial charge in [0.05, 0.1) is 23.7 Å². The normalized spacial score (nSPS) is 18.2. The molecule has 0 aliphatic carbocycles. The van der Waals surface area contributed by atoms with E-state index in [0.717, 1.165) is 16.8 Å². The van der Waals surface area contributed by atoms with Gasteiger partial charge in [0.15, 0.2) is 0 Å². The van der Waals surface area contributed by atoms with Crippen molar-refractivity contribution in [3.05, 3.63) is 82.9 Å². The predicted molar refractivity (Wildman–Crippen MR) is 139 cm³/mol. The minimum Gasteiger partial charge on any atom is -0.331 e. The number of likely N-dealkylation sites (tertiary alicyclic amines) is 1. The molecule has 4 rings (SSSR count). The third-order valence-corrected chi connectivity index (χ3v) is 6.98. The molecule has 0 radical (unpaired) electrons. The number of aryl methyl sites for hydroxylation is 2. The molecule has 2 aromatic carbocycles. The van der Waals surface area contributed by atoms with Crippen LogP contribution in [0.5, 0.6) is 0 Å². The summed E-state index contributed by atoms with van der Waals surface area (Å²) in [5.41, 5.74) is 3.21. The van der Waals surface area contributed by atoms with Gasteiger partial charge in [0, 0.05) is 30.5 Å². The molecule has 2 amide bonds. The monoisotopic (exact) mass is 490 g/mol. The van der Waals surface area contributed by atoms with Gasteiger partial charge in [0.2, 0.25) is 5.91 Å². The Bertz CT molecular complexity index is 1240. The molecule has 1 fully saturated rings. The second kappa shape index (κ2) is 10.2. The summed E-state index contributed by atoms with van der Waals surface area (Å²) in [6.45, 7) is 11.2. The summed E-state index contributed by atoms with van der Waals surface area (Å²) in [7, 11) is 0. The lowest BCUT2D eigenvalue weighted by molar-refractivity contribution is -0.123. The van der Waals surface area contributed by atoms with Crippen LogP contribution in [0.4, 0.5) is 10.1 Å². The van der Waals surface area contributed by atoms with Crippen LogP contribution in [0.3, 0.4) is 0 Å². The zero-order chi connectivity index (χ0) is 26.0. The lowest BCUT2D eigenvalue weighted by Gasteiger charge is -2.40. The molecule has 1 aliphatic rings. The zero-order valence-electron chi connectivity index (χ0n) is 21.7. The van der Waals surface area contributed by atoms with Crippen molar-refractivity contribution in [3.63, 3.8) is 0 Å². The van der Waals surface area contributed by atoms with Crippen LogP contribution in [-0.2, 0) is 16.8 Å². The maximum Gasteiger partial charge on any atom is 0.257 e. The van der Waals surface area contributed by atoms with Crippen LogP contribution in [0.25, 0.3) is 0 Å². The number of nitrogens with zero attached hydrogens (tertiary/aromatic N) is 3. The maximum atomic E-state index is 14.8. The summed E-state index contributed by atoms with van der Waals surface area (Å²) in [5, 5.41) is 7.49. The van der Waals surface area contributed by atoms with Gasteiger partial charge in [-0.1, -0.05) is 45.0 Å². The molecule has 2 heterocycles. The van der Waals surface area contributed by atoms with Crippen molar-refractivity contribution in [2.45, 2.75) is 65.5 Å². The number of carbonyl (C=O) groups is 2. The Balaban J connectivity index is 1.70. The second-order valence-corrected chi connectivity index (χ2v) is 10.6. The average Bonchev–Trinajstić information content (AvgIpc) is 3.32. The van der Waals surface area contributed by atoms with Crippen molar-refractivity contribution < 1.29 is 14.0 Å². The fourth-order valence-electron chi connectivity index (χ4n) is 4.96. The fraction of sp³-hybridized carbons (Fsp3) is 0.414. The Morgan fingerprint density at radius 1 is 1.17 bits per heavy atom. The minimum absolute atomic E-state index is 0.0519. The van der Waals surface area contributed by atoms with Gasteiger partial charge in [-0.05, 0) is 61.4 Å². The van der Waals surface area contributed by atoms with E-state index in [9.17, 15) is 14.0 Å². The van der Waals surface area contributed by atoms with E-state index in [1.165, 1.54) is 6.07 Å². The summed E-state index contributed by atoms with van der Waals surface area (Å²) in [6.07, 6.45) is 4.87. The number of aromatic nitrogens is 2. The molecule has 3 aromatic rings. The Morgan fingerprint density at radius 3 is 2.58 bits per heavy atom. The van der Waals surface area contributed by atoms with Crippen LogP contribution >= 0.6 is 0 Å². The van der Waals surface area contributed by atoms with Crippen molar-refractivity contribution in [2.24, 2.45) is 5.92 Å². The summed E-state index contributed by atoms with van der Waals surface area (Å²) >= 11 is 0. The molecule has 1 aliphatic heterocycles. The van der Waals surface area contributed by atoms with Crippen molar-refractivity contribution >= 4 is 17.5 Å². The molecule has 6 nitrogen and oxygen atoms in total. The molecule has 0 spiro atoms. The van der Waals surface area contributed by atoms with Gasteiger partial charge in [0.1, 0.15) is 5.82 Å². The Labute approximate surface area is 212 Å². The number of amides is 2. The third-order valence-electron chi connectivity index (χ3n) is 6.98. The van der Waals surface area contributed by atoms with E-state index in [1.807, 2.05) is 31.3 Å². The summed E-state index contributed by atoms with van der Waals surface area (Å²) in [4.78, 5) is 29.0. The fourth-order valence-corrected chi connectivity index (χ4v) is 4.96. The van der Waals surface area contributed by atoms with Gasteiger partial charge in [-0.15, -0.1) is 0 Å². The quantitative estimate of drug-likeness (QED) is 0.486. The van der Waals surface area contributed by atoms with Gasteiger partial charge in [0.25, 0.3) is 5.91 Å². The predicted octanol–water partition coefficient (Wildman–Crippen LogP) is 5.88. The van der Waals surface area contributed by atoms with E-state index in [-0.39, 0.29) is 16.9 Å². The molecule has 1 N–H and O–H groups in total. The summed E-state index contributed by atoms with van der Waals surface area (Å²) < 4.78 is 16.6. The SMILES string of the molecule is CCn1cc([C@H]2[C@@H](C(=O)Nc3cccc(C(C)(C)C)c3)CCCN2C(=O)c2c(C)cccc2F)cn1. The van der Waals surface area contributed by atoms with Gasteiger partial charge in [-0.3, -0.25) is 14.3 Å². The second-order valence-electron chi connectivity index (χ2n) is 10.6. The van der Waals surface area contributed by atoms with Gasteiger partial charge in [-0.2, -0.15) is 5.10 Å². The highest BCUT2D eigenvalue weighted by Crippen LogP contribution is 2.38. The molecular formula is C29H35FN4O2. The Morgan fingerprint density at radius 2 is 1.92 bits per heavy atom. The van der Waals surface area contributed by atoms with Crippen LogP contribution in [0, 0.1) is 18.7 Å². The van der Waals surface area contributed by atoms with Gasteiger partial charge in [-0.25, -0.2) is 4.39 Å². The Hall–Kier alpha value is -3.48. The van der Waals surface area contributed by atoms with Crippen LogP contribution in [0.1, 0.15) is 73.6 Å². The first kappa shape index (κ1) is 25.6. The van der Waals surface area contributed by atoms with Crippen molar-refractivity contribution in [3.8, 4) is 0 Å². The van der Waals surface area contributed by atoms with E-state index in [1.54, 1.807) is 34.8 Å².